The number of halogens is 1. The average Bonchev–Trinajstić information content (AvgIpc) is 3.24. The van der Waals surface area contributed by atoms with Gasteiger partial charge < -0.3 is 0 Å². The zero-order chi connectivity index (χ0) is 18.3. The van der Waals surface area contributed by atoms with Crippen molar-refractivity contribution in [2.75, 3.05) is 13.1 Å². The minimum atomic E-state index is -0.153. The lowest BCUT2D eigenvalue weighted by atomic mass is 10.1. The van der Waals surface area contributed by atoms with Crippen molar-refractivity contribution in [3.05, 3.63) is 69.0 Å². The SMILES string of the molecule is CCc1c(C)nc2cc(C3CCN(Cc4ccccc4F)C3)[nH]n2c1=O. The van der Waals surface area contributed by atoms with Crippen molar-refractivity contribution in [3.63, 3.8) is 0 Å². The summed E-state index contributed by atoms with van der Waals surface area (Å²) < 4.78 is 15.4. The molecule has 0 bridgehead atoms. The zero-order valence-corrected chi connectivity index (χ0v) is 15.1. The summed E-state index contributed by atoms with van der Waals surface area (Å²) in [6, 6.07) is 8.91. The number of hydrogen-bond acceptors (Lipinski definition) is 3. The summed E-state index contributed by atoms with van der Waals surface area (Å²) in [6.07, 6.45) is 1.66. The predicted octanol–water partition coefficient (Wildman–Crippen LogP) is 3.02. The van der Waals surface area contributed by atoms with E-state index in [2.05, 4.69) is 15.0 Å². The molecule has 4 rings (SSSR count). The molecule has 1 N–H and O–H groups in total. The van der Waals surface area contributed by atoms with Crippen LogP contribution in [0.1, 0.15) is 41.8 Å². The number of likely N-dealkylation sites (tertiary alicyclic amines) is 1. The highest BCUT2D eigenvalue weighted by atomic mass is 19.1. The molecule has 3 aromatic rings. The molecular formula is C20H23FN4O. The van der Waals surface area contributed by atoms with Crippen LogP contribution in [-0.4, -0.2) is 32.6 Å². The second-order valence-corrected chi connectivity index (χ2v) is 7.05. The monoisotopic (exact) mass is 354 g/mol. The third-order valence-corrected chi connectivity index (χ3v) is 5.35. The molecule has 0 radical (unpaired) electrons. The van der Waals surface area contributed by atoms with Crippen LogP contribution in [0.4, 0.5) is 4.39 Å². The maximum atomic E-state index is 13.9. The van der Waals surface area contributed by atoms with Gasteiger partial charge in [0.15, 0.2) is 5.65 Å². The number of nitrogens with one attached hydrogen (secondary N) is 1. The number of fused-ring (bicyclic) bond motifs is 1. The Labute approximate surface area is 151 Å². The highest BCUT2D eigenvalue weighted by Gasteiger charge is 2.26. The molecule has 0 aliphatic carbocycles. The first-order chi connectivity index (χ1) is 12.6. The standard InChI is InChI=1S/C20H23FN4O/c1-3-16-13(2)22-19-10-18(23-25(19)20(16)26)15-8-9-24(12-15)11-14-6-4-5-7-17(14)21/h4-7,10,15,23H,3,8-9,11-12H2,1-2H3. The van der Waals surface area contributed by atoms with E-state index in [0.717, 1.165) is 42.0 Å². The molecule has 136 valence electrons. The molecule has 26 heavy (non-hydrogen) atoms. The number of H-pyrrole nitrogens is 1. The quantitative estimate of drug-likeness (QED) is 0.784. The third-order valence-electron chi connectivity index (χ3n) is 5.35. The smallest absolute Gasteiger partial charge is 0.276 e. The van der Waals surface area contributed by atoms with E-state index in [0.29, 0.717) is 24.5 Å². The van der Waals surface area contributed by atoms with Crippen LogP contribution < -0.4 is 5.56 Å². The van der Waals surface area contributed by atoms with Crippen molar-refractivity contribution in [1.82, 2.24) is 19.5 Å². The number of nitrogens with zero attached hydrogens (tertiary/aromatic N) is 3. The number of hydrogen-bond donors (Lipinski definition) is 1. The van der Waals surface area contributed by atoms with Gasteiger partial charge in [-0.2, -0.15) is 0 Å². The van der Waals surface area contributed by atoms with Crippen LogP contribution in [0.3, 0.4) is 0 Å². The van der Waals surface area contributed by atoms with Crippen LogP contribution >= 0.6 is 0 Å². The Bertz CT molecular complexity index is 1010. The van der Waals surface area contributed by atoms with Gasteiger partial charge in [0.1, 0.15) is 5.82 Å². The van der Waals surface area contributed by atoms with E-state index in [9.17, 15) is 9.18 Å². The molecule has 1 aliphatic rings. The van der Waals surface area contributed by atoms with Crippen molar-refractivity contribution in [3.8, 4) is 0 Å². The first-order valence-electron chi connectivity index (χ1n) is 9.13. The van der Waals surface area contributed by atoms with E-state index in [4.69, 9.17) is 0 Å². The lowest BCUT2D eigenvalue weighted by Gasteiger charge is -2.16. The van der Waals surface area contributed by atoms with E-state index in [1.807, 2.05) is 32.0 Å². The number of benzene rings is 1. The van der Waals surface area contributed by atoms with Gasteiger partial charge in [-0.25, -0.2) is 13.9 Å². The summed E-state index contributed by atoms with van der Waals surface area (Å²) in [5, 5.41) is 3.24. The van der Waals surface area contributed by atoms with Crippen LogP contribution in [0.2, 0.25) is 0 Å². The molecule has 5 nitrogen and oxygen atoms in total. The maximum Gasteiger partial charge on any atom is 0.276 e. The molecule has 1 saturated heterocycles. The van der Waals surface area contributed by atoms with Crippen molar-refractivity contribution in [2.24, 2.45) is 0 Å². The van der Waals surface area contributed by atoms with Gasteiger partial charge in [0, 0.05) is 47.6 Å². The van der Waals surface area contributed by atoms with Gasteiger partial charge in [-0.05, 0) is 32.4 Å². The predicted molar refractivity (Wildman–Crippen MR) is 99.0 cm³/mol. The van der Waals surface area contributed by atoms with Crippen LogP contribution in [0.25, 0.3) is 5.65 Å². The van der Waals surface area contributed by atoms with Gasteiger partial charge >= 0.3 is 0 Å². The van der Waals surface area contributed by atoms with Gasteiger partial charge in [-0.1, -0.05) is 25.1 Å². The molecule has 0 amide bonds. The summed E-state index contributed by atoms with van der Waals surface area (Å²) >= 11 is 0. The Balaban J connectivity index is 1.56. The lowest BCUT2D eigenvalue weighted by Crippen LogP contribution is -2.22. The van der Waals surface area contributed by atoms with E-state index in [1.165, 1.54) is 6.07 Å². The number of rotatable bonds is 4. The molecule has 1 fully saturated rings. The minimum absolute atomic E-state index is 0.0116. The highest BCUT2D eigenvalue weighted by molar-refractivity contribution is 5.42. The van der Waals surface area contributed by atoms with Crippen molar-refractivity contribution in [2.45, 2.75) is 39.2 Å². The molecular weight excluding hydrogens is 331 g/mol. The fraction of sp³-hybridized carbons (Fsp3) is 0.400. The summed E-state index contributed by atoms with van der Waals surface area (Å²) in [5.74, 6) is 0.146. The molecule has 6 heteroatoms. The Hall–Kier alpha value is -2.47. The second-order valence-electron chi connectivity index (χ2n) is 7.05. The Kier molecular flexibility index (Phi) is 4.36. The number of aromatic nitrogens is 3. The molecule has 1 aromatic carbocycles. The fourth-order valence-electron chi connectivity index (χ4n) is 3.90. The van der Waals surface area contributed by atoms with Crippen LogP contribution in [0.15, 0.2) is 35.1 Å². The van der Waals surface area contributed by atoms with E-state index in [1.54, 1.807) is 10.6 Å². The Morgan fingerprint density at radius 3 is 2.92 bits per heavy atom. The minimum Gasteiger partial charge on any atom is -0.298 e. The summed E-state index contributed by atoms with van der Waals surface area (Å²) in [7, 11) is 0. The van der Waals surface area contributed by atoms with Gasteiger partial charge in [-0.3, -0.25) is 14.8 Å². The molecule has 0 spiro atoms. The zero-order valence-electron chi connectivity index (χ0n) is 15.1. The lowest BCUT2D eigenvalue weighted by molar-refractivity contribution is 0.320. The molecule has 3 heterocycles. The van der Waals surface area contributed by atoms with Crippen LogP contribution in [0, 0.1) is 12.7 Å². The van der Waals surface area contributed by atoms with E-state index < -0.39 is 0 Å². The molecule has 0 saturated carbocycles. The fourth-order valence-corrected chi connectivity index (χ4v) is 3.90. The highest BCUT2D eigenvalue weighted by Crippen LogP contribution is 2.28. The van der Waals surface area contributed by atoms with Crippen molar-refractivity contribution >= 4 is 5.65 Å². The summed E-state index contributed by atoms with van der Waals surface area (Å²) in [5.41, 5.74) is 3.97. The first kappa shape index (κ1) is 17.0. The number of aryl methyl sites for hydroxylation is 1. The van der Waals surface area contributed by atoms with Gasteiger partial charge in [-0.15, -0.1) is 0 Å². The van der Waals surface area contributed by atoms with Crippen molar-refractivity contribution in [1.29, 1.82) is 0 Å². The van der Waals surface area contributed by atoms with Crippen molar-refractivity contribution < 1.29 is 4.39 Å². The summed E-state index contributed by atoms with van der Waals surface area (Å²) in [6.45, 7) is 6.23. The Morgan fingerprint density at radius 2 is 2.15 bits per heavy atom. The van der Waals surface area contributed by atoms with Crippen LogP contribution in [-0.2, 0) is 13.0 Å². The maximum absolute atomic E-state index is 13.9. The van der Waals surface area contributed by atoms with Crippen LogP contribution in [0.5, 0.6) is 0 Å². The molecule has 1 aliphatic heterocycles. The topological polar surface area (TPSA) is 53.4 Å². The third kappa shape index (κ3) is 2.94. The molecule has 1 unspecified atom stereocenters. The largest absolute Gasteiger partial charge is 0.298 e. The molecule has 1 atom stereocenters. The Morgan fingerprint density at radius 1 is 1.35 bits per heavy atom. The van der Waals surface area contributed by atoms with E-state index >= 15 is 0 Å². The summed E-state index contributed by atoms with van der Waals surface area (Å²) in [4.78, 5) is 19.4. The van der Waals surface area contributed by atoms with Gasteiger partial charge in [0.2, 0.25) is 0 Å². The first-order valence-corrected chi connectivity index (χ1v) is 9.13. The second kappa shape index (κ2) is 6.68. The number of aromatic amines is 1. The molecule has 2 aromatic heterocycles. The van der Waals surface area contributed by atoms with Gasteiger partial charge in [0.25, 0.3) is 5.56 Å². The normalized spacial score (nSPS) is 18.0. The van der Waals surface area contributed by atoms with E-state index in [-0.39, 0.29) is 11.4 Å². The van der Waals surface area contributed by atoms with Gasteiger partial charge in [0.05, 0.1) is 0 Å². The average molecular weight is 354 g/mol.